The molecule has 0 fully saturated rings. The van der Waals surface area contributed by atoms with Crippen LogP contribution in [0.3, 0.4) is 0 Å². The van der Waals surface area contributed by atoms with E-state index < -0.39 is 6.04 Å². The average Bonchev–Trinajstić information content (AvgIpc) is 2.77. The lowest BCUT2D eigenvalue weighted by Gasteiger charge is -2.31. The van der Waals surface area contributed by atoms with Crippen molar-refractivity contribution in [2.24, 2.45) is 0 Å². The average molecular weight is 411 g/mol. The first-order chi connectivity index (χ1) is 14.6. The molecule has 2 aromatic rings. The third kappa shape index (κ3) is 7.21. The molecular weight excluding hydrogens is 376 g/mol. The molecule has 0 radical (unpaired) electrons. The van der Waals surface area contributed by atoms with E-state index >= 15 is 0 Å². The van der Waals surface area contributed by atoms with Gasteiger partial charge in [-0.05, 0) is 49.4 Å². The van der Waals surface area contributed by atoms with E-state index in [1.807, 2.05) is 75.4 Å². The van der Waals surface area contributed by atoms with Gasteiger partial charge in [0.15, 0.2) is 0 Å². The summed E-state index contributed by atoms with van der Waals surface area (Å²) in [6, 6.07) is 17.1. The second-order valence-corrected chi connectivity index (χ2v) is 7.43. The Kier molecular flexibility index (Phi) is 9.92. The van der Waals surface area contributed by atoms with Crippen LogP contribution in [-0.2, 0) is 16.1 Å². The maximum absolute atomic E-state index is 13.1. The molecule has 0 saturated carbocycles. The zero-order chi connectivity index (χ0) is 21.8. The summed E-state index contributed by atoms with van der Waals surface area (Å²) in [5, 5.41) is 2.95. The largest absolute Gasteiger partial charge is 0.494 e. The Morgan fingerprint density at radius 1 is 1.03 bits per heavy atom. The number of nitrogens with one attached hydrogen (secondary N) is 1. The van der Waals surface area contributed by atoms with Gasteiger partial charge in [0.05, 0.1) is 6.61 Å². The maximum Gasteiger partial charge on any atom is 0.242 e. The summed E-state index contributed by atoms with van der Waals surface area (Å²) in [4.78, 5) is 27.6. The van der Waals surface area contributed by atoms with Crippen LogP contribution in [0.2, 0.25) is 0 Å². The first kappa shape index (κ1) is 23.5. The van der Waals surface area contributed by atoms with Crippen molar-refractivity contribution in [3.63, 3.8) is 0 Å². The highest BCUT2D eigenvalue weighted by Crippen LogP contribution is 2.17. The van der Waals surface area contributed by atoms with Crippen molar-refractivity contribution in [3.05, 3.63) is 65.7 Å². The van der Waals surface area contributed by atoms with Crippen LogP contribution in [-0.4, -0.2) is 35.9 Å². The Morgan fingerprint density at radius 3 is 2.40 bits per heavy atom. The molecule has 0 heterocycles. The van der Waals surface area contributed by atoms with Crippen molar-refractivity contribution in [2.45, 2.75) is 59.0 Å². The fraction of sp³-hybridized carbons (Fsp3) is 0.440. The minimum Gasteiger partial charge on any atom is -0.494 e. The van der Waals surface area contributed by atoms with Crippen LogP contribution >= 0.6 is 0 Å². The normalized spacial score (nSPS) is 11.6. The fourth-order valence-electron chi connectivity index (χ4n) is 3.33. The standard InChI is InChI=1S/C25H34N2O3/c1-4-17-26-25(29)23(5-2)27(19-21-13-10-9-12-20(21)3)24(28)16-11-18-30-22-14-7-6-8-15-22/h6-10,12-15,23H,4-5,11,16-19H2,1-3H3,(H,26,29). The van der Waals surface area contributed by atoms with Gasteiger partial charge in [0.2, 0.25) is 11.8 Å². The van der Waals surface area contributed by atoms with Crippen LogP contribution in [0.15, 0.2) is 54.6 Å². The predicted octanol–water partition coefficient (Wildman–Crippen LogP) is 4.49. The quantitative estimate of drug-likeness (QED) is 0.525. The van der Waals surface area contributed by atoms with Crippen molar-refractivity contribution in [1.82, 2.24) is 10.2 Å². The van der Waals surface area contributed by atoms with Gasteiger partial charge in [-0.25, -0.2) is 0 Å². The van der Waals surface area contributed by atoms with Gasteiger partial charge in [-0.15, -0.1) is 0 Å². The Hall–Kier alpha value is -2.82. The summed E-state index contributed by atoms with van der Waals surface area (Å²) >= 11 is 0. The third-order valence-electron chi connectivity index (χ3n) is 5.08. The van der Waals surface area contributed by atoms with E-state index in [9.17, 15) is 9.59 Å². The molecule has 5 heteroatoms. The fourth-order valence-corrected chi connectivity index (χ4v) is 3.33. The number of ether oxygens (including phenoxy) is 1. The summed E-state index contributed by atoms with van der Waals surface area (Å²) in [6.45, 7) is 7.52. The molecule has 0 aliphatic carbocycles. The summed E-state index contributed by atoms with van der Waals surface area (Å²) in [5.74, 6) is 0.697. The van der Waals surface area contributed by atoms with E-state index in [0.29, 0.717) is 39.0 Å². The van der Waals surface area contributed by atoms with Crippen LogP contribution in [0.25, 0.3) is 0 Å². The molecule has 2 aromatic carbocycles. The lowest BCUT2D eigenvalue weighted by molar-refractivity contribution is -0.141. The Labute approximate surface area is 180 Å². The number of nitrogens with zero attached hydrogens (tertiary/aromatic N) is 1. The summed E-state index contributed by atoms with van der Waals surface area (Å²) in [7, 11) is 0. The number of amides is 2. The SMILES string of the molecule is CCCNC(=O)C(CC)N(Cc1ccccc1C)C(=O)CCCOc1ccccc1. The van der Waals surface area contributed by atoms with Gasteiger partial charge in [-0.2, -0.15) is 0 Å². The molecule has 0 saturated heterocycles. The molecule has 1 unspecified atom stereocenters. The van der Waals surface area contributed by atoms with Crippen molar-refractivity contribution in [1.29, 1.82) is 0 Å². The van der Waals surface area contributed by atoms with Gasteiger partial charge in [0, 0.05) is 19.5 Å². The van der Waals surface area contributed by atoms with Crippen molar-refractivity contribution >= 4 is 11.8 Å². The van der Waals surface area contributed by atoms with E-state index in [-0.39, 0.29) is 11.8 Å². The number of aryl methyl sites for hydroxylation is 1. The molecule has 0 aromatic heterocycles. The van der Waals surface area contributed by atoms with Crippen LogP contribution in [0.5, 0.6) is 5.75 Å². The number of carbonyl (C=O) groups is 2. The van der Waals surface area contributed by atoms with E-state index in [1.165, 1.54) is 0 Å². The monoisotopic (exact) mass is 410 g/mol. The Balaban J connectivity index is 2.05. The predicted molar refractivity (Wildman–Crippen MR) is 120 cm³/mol. The number of hydrogen-bond acceptors (Lipinski definition) is 3. The van der Waals surface area contributed by atoms with Crippen LogP contribution in [0.4, 0.5) is 0 Å². The molecule has 1 N–H and O–H groups in total. The highest BCUT2D eigenvalue weighted by atomic mass is 16.5. The highest BCUT2D eigenvalue weighted by Gasteiger charge is 2.28. The summed E-state index contributed by atoms with van der Waals surface area (Å²) < 4.78 is 5.71. The molecular formula is C25H34N2O3. The number of para-hydroxylation sites is 1. The molecule has 2 rings (SSSR count). The van der Waals surface area contributed by atoms with E-state index in [0.717, 1.165) is 23.3 Å². The van der Waals surface area contributed by atoms with E-state index in [2.05, 4.69) is 5.32 Å². The number of carbonyl (C=O) groups excluding carboxylic acids is 2. The smallest absolute Gasteiger partial charge is 0.242 e. The topological polar surface area (TPSA) is 58.6 Å². The Bertz CT molecular complexity index is 792. The minimum absolute atomic E-state index is 0.0200. The van der Waals surface area contributed by atoms with Crippen LogP contribution in [0.1, 0.15) is 50.7 Å². The minimum atomic E-state index is -0.473. The molecule has 30 heavy (non-hydrogen) atoms. The van der Waals surface area contributed by atoms with Gasteiger partial charge < -0.3 is 15.0 Å². The van der Waals surface area contributed by atoms with E-state index in [1.54, 1.807) is 4.90 Å². The zero-order valence-corrected chi connectivity index (χ0v) is 18.4. The highest BCUT2D eigenvalue weighted by molar-refractivity contribution is 5.87. The molecule has 162 valence electrons. The van der Waals surface area contributed by atoms with Crippen molar-refractivity contribution in [2.75, 3.05) is 13.2 Å². The molecule has 0 aliphatic rings. The van der Waals surface area contributed by atoms with E-state index in [4.69, 9.17) is 4.74 Å². The number of benzene rings is 2. The number of hydrogen-bond donors (Lipinski definition) is 1. The molecule has 0 bridgehead atoms. The van der Waals surface area contributed by atoms with Crippen LogP contribution < -0.4 is 10.1 Å². The molecule has 0 spiro atoms. The lowest BCUT2D eigenvalue weighted by Crippen LogP contribution is -2.49. The second kappa shape index (κ2) is 12.7. The summed E-state index contributed by atoms with van der Waals surface area (Å²) in [5.41, 5.74) is 2.18. The lowest BCUT2D eigenvalue weighted by atomic mass is 10.1. The molecule has 0 aliphatic heterocycles. The van der Waals surface area contributed by atoms with Gasteiger partial charge in [0.25, 0.3) is 0 Å². The molecule has 5 nitrogen and oxygen atoms in total. The maximum atomic E-state index is 13.1. The first-order valence-corrected chi connectivity index (χ1v) is 10.9. The third-order valence-corrected chi connectivity index (χ3v) is 5.08. The van der Waals surface area contributed by atoms with Crippen molar-refractivity contribution < 1.29 is 14.3 Å². The zero-order valence-electron chi connectivity index (χ0n) is 18.4. The molecule has 2 amide bonds. The first-order valence-electron chi connectivity index (χ1n) is 10.9. The van der Waals surface area contributed by atoms with Crippen LogP contribution in [0, 0.1) is 6.92 Å². The van der Waals surface area contributed by atoms with Gasteiger partial charge in [-0.1, -0.05) is 56.3 Å². The second-order valence-electron chi connectivity index (χ2n) is 7.43. The Morgan fingerprint density at radius 2 is 1.73 bits per heavy atom. The van der Waals surface area contributed by atoms with Gasteiger partial charge >= 0.3 is 0 Å². The van der Waals surface area contributed by atoms with Gasteiger partial charge in [0.1, 0.15) is 11.8 Å². The van der Waals surface area contributed by atoms with Gasteiger partial charge in [-0.3, -0.25) is 9.59 Å². The summed E-state index contributed by atoms with van der Waals surface area (Å²) in [6.07, 6.45) is 2.39. The molecule has 1 atom stereocenters. The number of rotatable bonds is 12. The van der Waals surface area contributed by atoms with Crippen molar-refractivity contribution in [3.8, 4) is 5.75 Å².